The fraction of sp³-hybridized carbons (Fsp3) is 0.364. The fourth-order valence-electron chi connectivity index (χ4n) is 1.60. The van der Waals surface area contributed by atoms with E-state index in [1.165, 1.54) is 0 Å². The van der Waals surface area contributed by atoms with E-state index in [0.29, 0.717) is 25.6 Å². The van der Waals surface area contributed by atoms with Gasteiger partial charge in [-0.3, -0.25) is 0 Å². The number of nitrogens with two attached hydrogens (primary N) is 1. The number of likely N-dealkylation sites (tertiary alicyclic amines) is 1. The first kappa shape index (κ1) is 11.3. The highest BCUT2D eigenvalue weighted by molar-refractivity contribution is 9.10. The van der Waals surface area contributed by atoms with E-state index in [4.69, 9.17) is 10.5 Å². The number of benzene rings is 1. The number of rotatable bonds is 3. The normalized spacial score (nSPS) is 15.7. The summed E-state index contributed by atoms with van der Waals surface area (Å²) in [5.41, 5.74) is 5.12. The summed E-state index contributed by atoms with van der Waals surface area (Å²) in [5.74, 6) is 1.25. The second-order valence-corrected chi connectivity index (χ2v) is 4.79. The molecule has 0 radical (unpaired) electrons. The summed E-state index contributed by atoms with van der Waals surface area (Å²) >= 11 is 3.36. The van der Waals surface area contributed by atoms with E-state index in [-0.39, 0.29) is 6.03 Å². The third kappa shape index (κ3) is 2.66. The van der Waals surface area contributed by atoms with Crippen molar-refractivity contribution in [3.63, 3.8) is 0 Å². The van der Waals surface area contributed by atoms with Crippen LogP contribution in [-0.4, -0.2) is 30.6 Å². The van der Waals surface area contributed by atoms with Gasteiger partial charge in [-0.2, -0.15) is 0 Å². The SMILES string of the molecule is NC(=O)N1CC(COc2ccc(Br)cc2)C1. The molecule has 2 rings (SSSR count). The number of hydrogen-bond donors (Lipinski definition) is 1. The number of primary amides is 1. The van der Waals surface area contributed by atoms with Crippen molar-refractivity contribution in [3.8, 4) is 5.75 Å². The standard InChI is InChI=1S/C11H13BrN2O2/c12-9-1-3-10(4-2-9)16-7-8-5-14(6-8)11(13)15/h1-4,8H,5-7H2,(H2,13,15). The molecule has 1 aliphatic heterocycles. The lowest BCUT2D eigenvalue weighted by Gasteiger charge is -2.37. The second-order valence-electron chi connectivity index (χ2n) is 3.87. The highest BCUT2D eigenvalue weighted by Gasteiger charge is 2.29. The topological polar surface area (TPSA) is 55.6 Å². The molecule has 5 heteroatoms. The Balaban J connectivity index is 1.73. The van der Waals surface area contributed by atoms with Crippen LogP contribution in [0.1, 0.15) is 0 Å². The Bertz CT molecular complexity index is 374. The summed E-state index contributed by atoms with van der Waals surface area (Å²) in [5, 5.41) is 0. The Morgan fingerprint density at radius 1 is 1.44 bits per heavy atom. The summed E-state index contributed by atoms with van der Waals surface area (Å²) in [7, 11) is 0. The first-order valence-corrected chi connectivity index (χ1v) is 5.87. The lowest BCUT2D eigenvalue weighted by atomic mass is 10.0. The van der Waals surface area contributed by atoms with E-state index in [0.717, 1.165) is 10.2 Å². The number of hydrogen-bond acceptors (Lipinski definition) is 2. The van der Waals surface area contributed by atoms with E-state index in [2.05, 4.69) is 15.9 Å². The summed E-state index contributed by atoms with van der Waals surface area (Å²) in [6.45, 7) is 2.03. The Morgan fingerprint density at radius 2 is 2.06 bits per heavy atom. The first-order valence-electron chi connectivity index (χ1n) is 5.08. The minimum absolute atomic E-state index is 0.347. The van der Waals surface area contributed by atoms with E-state index >= 15 is 0 Å². The lowest BCUT2D eigenvalue weighted by molar-refractivity contribution is 0.0903. The van der Waals surface area contributed by atoms with Crippen molar-refractivity contribution in [3.05, 3.63) is 28.7 Å². The summed E-state index contributed by atoms with van der Waals surface area (Å²) in [4.78, 5) is 12.3. The van der Waals surface area contributed by atoms with Crippen molar-refractivity contribution in [2.75, 3.05) is 19.7 Å². The Hall–Kier alpha value is -1.23. The number of carbonyl (C=O) groups excluding carboxylic acids is 1. The zero-order valence-electron chi connectivity index (χ0n) is 8.73. The van der Waals surface area contributed by atoms with Gasteiger partial charge in [-0.05, 0) is 24.3 Å². The van der Waals surface area contributed by atoms with Crippen molar-refractivity contribution < 1.29 is 9.53 Å². The van der Waals surface area contributed by atoms with Gasteiger partial charge >= 0.3 is 6.03 Å². The van der Waals surface area contributed by atoms with Gasteiger partial charge in [0.15, 0.2) is 0 Å². The van der Waals surface area contributed by atoms with Crippen molar-refractivity contribution in [1.29, 1.82) is 0 Å². The molecule has 0 spiro atoms. The molecule has 1 aliphatic rings. The molecule has 1 aromatic carbocycles. The van der Waals surface area contributed by atoms with Crippen LogP contribution in [-0.2, 0) is 0 Å². The average molecular weight is 285 g/mol. The summed E-state index contributed by atoms with van der Waals surface area (Å²) in [6, 6.07) is 7.35. The predicted octanol–water partition coefficient (Wildman–Crippen LogP) is 1.84. The molecule has 4 nitrogen and oxygen atoms in total. The number of nitrogens with zero attached hydrogens (tertiary/aromatic N) is 1. The largest absolute Gasteiger partial charge is 0.493 e. The molecule has 0 unspecified atom stereocenters. The molecule has 1 heterocycles. The van der Waals surface area contributed by atoms with E-state index in [1.807, 2.05) is 24.3 Å². The molecule has 0 saturated carbocycles. The minimum atomic E-state index is -0.347. The number of urea groups is 1. The molecule has 0 bridgehead atoms. The monoisotopic (exact) mass is 284 g/mol. The van der Waals surface area contributed by atoms with Crippen molar-refractivity contribution >= 4 is 22.0 Å². The fourth-order valence-corrected chi connectivity index (χ4v) is 1.86. The van der Waals surface area contributed by atoms with E-state index < -0.39 is 0 Å². The van der Waals surface area contributed by atoms with Crippen molar-refractivity contribution in [2.45, 2.75) is 0 Å². The third-order valence-corrected chi connectivity index (χ3v) is 3.10. The highest BCUT2D eigenvalue weighted by atomic mass is 79.9. The molecular formula is C11H13BrN2O2. The molecule has 0 aliphatic carbocycles. The van der Waals surface area contributed by atoms with Gasteiger partial charge in [0.1, 0.15) is 5.75 Å². The maximum atomic E-state index is 10.7. The van der Waals surface area contributed by atoms with Gasteiger partial charge in [0.2, 0.25) is 0 Å². The lowest BCUT2D eigenvalue weighted by Crippen LogP contribution is -2.54. The van der Waals surface area contributed by atoms with Crippen LogP contribution < -0.4 is 10.5 Å². The second kappa shape index (κ2) is 4.74. The van der Waals surface area contributed by atoms with Crippen LogP contribution in [0.5, 0.6) is 5.75 Å². The maximum Gasteiger partial charge on any atom is 0.314 e. The van der Waals surface area contributed by atoms with Crippen LogP contribution in [0, 0.1) is 5.92 Å². The van der Waals surface area contributed by atoms with Crippen LogP contribution in [0.15, 0.2) is 28.7 Å². The van der Waals surface area contributed by atoms with Gasteiger partial charge in [-0.1, -0.05) is 15.9 Å². The van der Waals surface area contributed by atoms with Gasteiger partial charge < -0.3 is 15.4 Å². The van der Waals surface area contributed by atoms with Gasteiger partial charge in [0, 0.05) is 23.5 Å². The van der Waals surface area contributed by atoms with Crippen molar-refractivity contribution in [1.82, 2.24) is 4.90 Å². The molecule has 1 fully saturated rings. The molecule has 0 atom stereocenters. The Morgan fingerprint density at radius 3 is 2.62 bits per heavy atom. The Kier molecular flexibility index (Phi) is 3.33. The zero-order valence-corrected chi connectivity index (χ0v) is 10.3. The van der Waals surface area contributed by atoms with Gasteiger partial charge in [-0.15, -0.1) is 0 Å². The molecule has 1 saturated heterocycles. The van der Waals surface area contributed by atoms with Crippen LogP contribution >= 0.6 is 15.9 Å². The van der Waals surface area contributed by atoms with Gasteiger partial charge in [-0.25, -0.2) is 4.79 Å². The third-order valence-electron chi connectivity index (χ3n) is 2.57. The molecule has 2 amide bonds. The van der Waals surface area contributed by atoms with Crippen LogP contribution in [0.2, 0.25) is 0 Å². The number of halogens is 1. The van der Waals surface area contributed by atoms with Crippen LogP contribution in [0.3, 0.4) is 0 Å². The highest BCUT2D eigenvalue weighted by Crippen LogP contribution is 2.19. The van der Waals surface area contributed by atoms with Gasteiger partial charge in [0.25, 0.3) is 0 Å². The summed E-state index contributed by atoms with van der Waals surface area (Å²) < 4.78 is 6.62. The van der Waals surface area contributed by atoms with Crippen LogP contribution in [0.4, 0.5) is 4.79 Å². The molecular weight excluding hydrogens is 272 g/mol. The molecule has 1 aromatic rings. The van der Waals surface area contributed by atoms with Gasteiger partial charge in [0.05, 0.1) is 6.61 Å². The van der Waals surface area contributed by atoms with E-state index in [9.17, 15) is 4.79 Å². The maximum absolute atomic E-state index is 10.7. The molecule has 86 valence electrons. The number of ether oxygens (including phenoxy) is 1. The first-order chi connectivity index (χ1) is 7.65. The average Bonchev–Trinajstić information content (AvgIpc) is 2.18. The minimum Gasteiger partial charge on any atom is -0.493 e. The Labute approximate surface area is 102 Å². The number of amides is 2. The quantitative estimate of drug-likeness (QED) is 0.921. The smallest absolute Gasteiger partial charge is 0.314 e. The summed E-state index contributed by atoms with van der Waals surface area (Å²) in [6.07, 6.45) is 0. The van der Waals surface area contributed by atoms with Crippen LogP contribution in [0.25, 0.3) is 0 Å². The number of carbonyl (C=O) groups is 1. The molecule has 16 heavy (non-hydrogen) atoms. The molecule has 0 aromatic heterocycles. The van der Waals surface area contributed by atoms with Crippen molar-refractivity contribution in [2.24, 2.45) is 11.7 Å². The van der Waals surface area contributed by atoms with E-state index in [1.54, 1.807) is 4.90 Å². The molecule has 2 N–H and O–H groups in total. The predicted molar refractivity (Wildman–Crippen MR) is 64.3 cm³/mol. The zero-order chi connectivity index (χ0) is 11.5.